The molecule has 1 atom stereocenters. The van der Waals surface area contributed by atoms with Crippen molar-refractivity contribution in [2.75, 3.05) is 5.73 Å². The molecule has 0 aliphatic rings. The Labute approximate surface area is 137 Å². The van der Waals surface area contributed by atoms with Crippen molar-refractivity contribution in [3.05, 3.63) is 60.7 Å². The van der Waals surface area contributed by atoms with E-state index in [0.29, 0.717) is 15.6 Å². The van der Waals surface area contributed by atoms with Gasteiger partial charge in [-0.3, -0.25) is 0 Å². The van der Waals surface area contributed by atoms with E-state index in [1.165, 1.54) is 0 Å². The van der Waals surface area contributed by atoms with Gasteiger partial charge in [-0.05, 0) is 42.5 Å². The number of rotatable bonds is 4. The lowest BCUT2D eigenvalue weighted by atomic mass is 10.2. The van der Waals surface area contributed by atoms with Crippen molar-refractivity contribution in [3.8, 4) is 11.3 Å². The highest BCUT2D eigenvalue weighted by molar-refractivity contribution is 7.85. The summed E-state index contributed by atoms with van der Waals surface area (Å²) < 4.78 is 12.9. The maximum Gasteiger partial charge on any atom is 0.141 e. The smallest absolute Gasteiger partial charge is 0.141 e. The molecule has 2 aromatic heterocycles. The zero-order valence-corrected chi connectivity index (χ0v) is 13.5. The molecule has 23 heavy (non-hydrogen) atoms. The summed E-state index contributed by atoms with van der Waals surface area (Å²) in [4.78, 5) is 13.7. The van der Waals surface area contributed by atoms with E-state index in [9.17, 15) is 4.21 Å². The molecule has 0 amide bonds. The fourth-order valence-corrected chi connectivity index (χ4v) is 3.29. The third-order valence-corrected chi connectivity index (χ3v) is 4.72. The SMILES string of the molecule is CCc1nccc(-c2cccnc2S(=O)c2ccc(N)cc2)n1. The first kappa shape index (κ1) is 15.3. The monoisotopic (exact) mass is 324 g/mol. The van der Waals surface area contributed by atoms with Gasteiger partial charge in [0.15, 0.2) is 0 Å². The molecule has 6 heteroatoms. The highest BCUT2D eigenvalue weighted by Gasteiger charge is 2.16. The van der Waals surface area contributed by atoms with Gasteiger partial charge in [-0.25, -0.2) is 19.2 Å². The van der Waals surface area contributed by atoms with Crippen LogP contribution in [-0.2, 0) is 17.2 Å². The molecule has 1 aromatic carbocycles. The van der Waals surface area contributed by atoms with E-state index in [1.807, 2.05) is 19.1 Å². The molecule has 0 saturated carbocycles. The van der Waals surface area contributed by atoms with Crippen LogP contribution < -0.4 is 5.73 Å². The Kier molecular flexibility index (Phi) is 4.43. The normalized spacial score (nSPS) is 12.0. The Morgan fingerprint density at radius 2 is 1.83 bits per heavy atom. The lowest BCUT2D eigenvalue weighted by molar-refractivity contribution is 0.680. The molecular formula is C17H16N4OS. The molecule has 2 heterocycles. The number of hydrogen-bond acceptors (Lipinski definition) is 5. The second-order valence-electron chi connectivity index (χ2n) is 4.91. The number of hydrogen-bond donors (Lipinski definition) is 1. The van der Waals surface area contributed by atoms with Crippen LogP contribution in [-0.4, -0.2) is 19.2 Å². The van der Waals surface area contributed by atoms with E-state index >= 15 is 0 Å². The van der Waals surface area contributed by atoms with Crippen LogP contribution in [0.2, 0.25) is 0 Å². The van der Waals surface area contributed by atoms with Crippen LogP contribution in [0.1, 0.15) is 12.7 Å². The quantitative estimate of drug-likeness (QED) is 0.746. The van der Waals surface area contributed by atoms with E-state index in [4.69, 9.17) is 5.73 Å². The van der Waals surface area contributed by atoms with Crippen LogP contribution in [0.15, 0.2) is 64.8 Å². The molecule has 0 fully saturated rings. The lowest BCUT2D eigenvalue weighted by Gasteiger charge is -2.09. The topological polar surface area (TPSA) is 81.8 Å². The number of nitrogens with zero attached hydrogens (tertiary/aromatic N) is 3. The van der Waals surface area contributed by atoms with Crippen LogP contribution >= 0.6 is 0 Å². The van der Waals surface area contributed by atoms with E-state index in [1.54, 1.807) is 42.7 Å². The van der Waals surface area contributed by atoms with E-state index in [-0.39, 0.29) is 0 Å². The Morgan fingerprint density at radius 3 is 2.57 bits per heavy atom. The molecule has 3 rings (SSSR count). The number of nitrogen functional groups attached to an aromatic ring is 1. The van der Waals surface area contributed by atoms with Gasteiger partial charge < -0.3 is 5.73 Å². The largest absolute Gasteiger partial charge is 0.399 e. The highest BCUT2D eigenvalue weighted by Crippen LogP contribution is 2.26. The number of anilines is 1. The number of benzene rings is 1. The molecule has 0 bridgehead atoms. The second kappa shape index (κ2) is 6.66. The van der Waals surface area contributed by atoms with Gasteiger partial charge in [0.05, 0.1) is 5.69 Å². The van der Waals surface area contributed by atoms with Crippen LogP contribution in [0.25, 0.3) is 11.3 Å². The van der Waals surface area contributed by atoms with Crippen LogP contribution in [0.4, 0.5) is 5.69 Å². The van der Waals surface area contributed by atoms with Gasteiger partial charge in [0.2, 0.25) is 0 Å². The number of pyridine rings is 1. The molecule has 5 nitrogen and oxygen atoms in total. The average molecular weight is 324 g/mol. The first-order valence-corrected chi connectivity index (χ1v) is 8.38. The van der Waals surface area contributed by atoms with Crippen molar-refractivity contribution in [2.24, 2.45) is 0 Å². The molecule has 0 radical (unpaired) electrons. The van der Waals surface area contributed by atoms with Gasteiger partial charge in [-0.15, -0.1) is 0 Å². The van der Waals surface area contributed by atoms with E-state index in [2.05, 4.69) is 15.0 Å². The first-order chi connectivity index (χ1) is 11.2. The zero-order chi connectivity index (χ0) is 16.2. The molecule has 0 aliphatic carbocycles. The van der Waals surface area contributed by atoms with Crippen molar-refractivity contribution in [1.82, 2.24) is 15.0 Å². The Balaban J connectivity index is 2.07. The summed E-state index contributed by atoms with van der Waals surface area (Å²) >= 11 is 0. The summed E-state index contributed by atoms with van der Waals surface area (Å²) in [5, 5.41) is 0.484. The van der Waals surface area contributed by atoms with Crippen molar-refractivity contribution in [2.45, 2.75) is 23.3 Å². The molecule has 3 aromatic rings. The molecule has 1 unspecified atom stereocenters. The van der Waals surface area contributed by atoms with Crippen molar-refractivity contribution < 1.29 is 4.21 Å². The summed E-state index contributed by atoms with van der Waals surface area (Å²) in [6, 6.07) is 12.5. The standard InChI is InChI=1S/C17H16N4OS/c1-2-16-19-11-9-15(21-16)14-4-3-10-20-17(14)23(22)13-7-5-12(18)6-8-13/h3-11H,2,18H2,1H3. The summed E-state index contributed by atoms with van der Waals surface area (Å²) in [5.41, 5.74) is 7.80. The van der Waals surface area contributed by atoms with Crippen molar-refractivity contribution in [1.29, 1.82) is 0 Å². The first-order valence-electron chi connectivity index (χ1n) is 7.23. The van der Waals surface area contributed by atoms with Gasteiger partial charge in [0.25, 0.3) is 0 Å². The predicted molar refractivity (Wildman–Crippen MR) is 90.2 cm³/mol. The van der Waals surface area contributed by atoms with Gasteiger partial charge in [-0.1, -0.05) is 6.92 Å². The van der Waals surface area contributed by atoms with Gasteiger partial charge in [-0.2, -0.15) is 0 Å². The predicted octanol–water partition coefficient (Wildman–Crippen LogP) is 2.85. The van der Waals surface area contributed by atoms with E-state index < -0.39 is 10.8 Å². The molecule has 0 spiro atoms. The summed E-state index contributed by atoms with van der Waals surface area (Å²) in [5.74, 6) is 0.746. The summed E-state index contributed by atoms with van der Waals surface area (Å²) in [7, 11) is -1.40. The Morgan fingerprint density at radius 1 is 1.04 bits per heavy atom. The van der Waals surface area contributed by atoms with Gasteiger partial charge >= 0.3 is 0 Å². The van der Waals surface area contributed by atoms with E-state index in [0.717, 1.165) is 23.5 Å². The number of nitrogens with two attached hydrogens (primary N) is 1. The van der Waals surface area contributed by atoms with Crippen molar-refractivity contribution in [3.63, 3.8) is 0 Å². The Hall–Kier alpha value is -2.60. The molecule has 0 aliphatic heterocycles. The third kappa shape index (κ3) is 3.27. The minimum absolute atomic E-state index is 0.484. The zero-order valence-electron chi connectivity index (χ0n) is 12.6. The molecule has 0 saturated heterocycles. The number of aryl methyl sites for hydroxylation is 1. The molecule has 116 valence electrons. The Bertz CT molecular complexity index is 849. The van der Waals surface area contributed by atoms with Crippen LogP contribution in [0.3, 0.4) is 0 Å². The molecule has 2 N–H and O–H groups in total. The third-order valence-electron chi connectivity index (χ3n) is 3.34. The molecular weight excluding hydrogens is 308 g/mol. The minimum atomic E-state index is -1.40. The van der Waals surface area contributed by atoms with Gasteiger partial charge in [0, 0.05) is 35.0 Å². The second-order valence-corrected chi connectivity index (χ2v) is 6.30. The average Bonchev–Trinajstić information content (AvgIpc) is 2.62. The van der Waals surface area contributed by atoms with Crippen molar-refractivity contribution >= 4 is 16.5 Å². The lowest BCUT2D eigenvalue weighted by Crippen LogP contribution is -2.01. The van der Waals surface area contributed by atoms with Gasteiger partial charge in [0.1, 0.15) is 21.6 Å². The fraction of sp³-hybridized carbons (Fsp3) is 0.118. The number of aromatic nitrogens is 3. The summed E-state index contributed by atoms with van der Waals surface area (Å²) in [6.45, 7) is 2.00. The highest BCUT2D eigenvalue weighted by atomic mass is 32.2. The van der Waals surface area contributed by atoms with Crippen LogP contribution in [0.5, 0.6) is 0 Å². The minimum Gasteiger partial charge on any atom is -0.399 e. The summed E-state index contributed by atoms with van der Waals surface area (Å²) in [6.07, 6.45) is 4.09. The fourth-order valence-electron chi connectivity index (χ4n) is 2.16. The van der Waals surface area contributed by atoms with Crippen LogP contribution in [0, 0.1) is 0 Å². The maximum absolute atomic E-state index is 12.9. The maximum atomic E-state index is 12.9.